The van der Waals surface area contributed by atoms with Gasteiger partial charge in [0.05, 0.1) is 11.1 Å². The molecular weight excluding hydrogens is 350 g/mol. The fourth-order valence-corrected chi connectivity index (χ4v) is 2.90. The quantitative estimate of drug-likeness (QED) is 0.776. The lowest BCUT2D eigenvalue weighted by Crippen LogP contribution is -2.27. The molecule has 128 valence electrons. The van der Waals surface area contributed by atoms with Gasteiger partial charge >= 0.3 is 0 Å². The highest BCUT2D eigenvalue weighted by Gasteiger charge is 2.16. The van der Waals surface area contributed by atoms with E-state index >= 15 is 0 Å². The maximum absolute atomic E-state index is 13.6. The Bertz CT molecular complexity index is 733. The maximum atomic E-state index is 13.6. The van der Waals surface area contributed by atoms with Gasteiger partial charge in [-0.1, -0.05) is 35.3 Å². The molecule has 0 unspecified atom stereocenters. The minimum atomic E-state index is -0.565. The molecule has 0 aliphatic rings. The lowest BCUT2D eigenvalue weighted by Gasteiger charge is -2.17. The lowest BCUT2D eigenvalue weighted by atomic mass is 10.1. The molecule has 2 aromatic carbocycles. The summed E-state index contributed by atoms with van der Waals surface area (Å²) in [4.78, 5) is 14.4. The number of halogens is 3. The molecule has 1 N–H and O–H groups in total. The molecule has 0 radical (unpaired) electrons. The molecule has 2 rings (SSSR count). The van der Waals surface area contributed by atoms with Gasteiger partial charge in [0, 0.05) is 17.1 Å². The summed E-state index contributed by atoms with van der Waals surface area (Å²) in [6, 6.07) is 9.50. The largest absolute Gasteiger partial charge is 0.345 e. The minimum Gasteiger partial charge on any atom is -0.345 e. The van der Waals surface area contributed by atoms with Crippen molar-refractivity contribution in [3.63, 3.8) is 0 Å². The fourth-order valence-electron chi connectivity index (χ4n) is 2.35. The highest BCUT2D eigenvalue weighted by Crippen LogP contribution is 2.28. The van der Waals surface area contributed by atoms with Crippen molar-refractivity contribution in [2.75, 3.05) is 14.1 Å². The number of hydrogen-bond acceptors (Lipinski definition) is 2. The van der Waals surface area contributed by atoms with Gasteiger partial charge in [0.15, 0.2) is 0 Å². The van der Waals surface area contributed by atoms with Gasteiger partial charge < -0.3 is 10.2 Å². The van der Waals surface area contributed by atoms with E-state index in [-0.39, 0.29) is 10.9 Å². The van der Waals surface area contributed by atoms with Gasteiger partial charge in [-0.15, -0.1) is 0 Å². The van der Waals surface area contributed by atoms with E-state index in [9.17, 15) is 9.18 Å². The Morgan fingerprint density at radius 2 is 1.79 bits per heavy atom. The summed E-state index contributed by atoms with van der Waals surface area (Å²) < 4.78 is 13.6. The lowest BCUT2D eigenvalue weighted by molar-refractivity contribution is 0.0940. The Balaban J connectivity index is 2.10. The van der Waals surface area contributed by atoms with Crippen molar-refractivity contribution in [3.8, 4) is 0 Å². The molecule has 0 saturated carbocycles. The second-order valence-electron chi connectivity index (χ2n) is 5.92. The van der Waals surface area contributed by atoms with E-state index < -0.39 is 11.9 Å². The predicted molar refractivity (Wildman–Crippen MR) is 96.1 cm³/mol. The van der Waals surface area contributed by atoms with Crippen molar-refractivity contribution in [3.05, 3.63) is 69.0 Å². The van der Waals surface area contributed by atoms with Crippen LogP contribution in [-0.4, -0.2) is 24.9 Å². The van der Waals surface area contributed by atoms with Crippen molar-refractivity contribution in [1.82, 2.24) is 10.2 Å². The van der Waals surface area contributed by atoms with E-state index in [0.29, 0.717) is 16.1 Å². The van der Waals surface area contributed by atoms with Crippen LogP contribution in [0.25, 0.3) is 0 Å². The third-order valence-corrected chi connectivity index (χ3v) is 4.19. The van der Waals surface area contributed by atoms with Gasteiger partial charge in [-0.2, -0.15) is 0 Å². The number of benzene rings is 2. The van der Waals surface area contributed by atoms with Gasteiger partial charge in [-0.05, 0) is 56.4 Å². The predicted octanol–water partition coefficient (Wildman–Crippen LogP) is 4.69. The van der Waals surface area contributed by atoms with E-state index in [1.54, 1.807) is 19.1 Å². The number of hydrogen-bond donors (Lipinski definition) is 1. The first kappa shape index (κ1) is 18.7. The number of rotatable bonds is 5. The fraction of sp³-hybridized carbons (Fsp3) is 0.278. The van der Waals surface area contributed by atoms with Crippen LogP contribution in [0.1, 0.15) is 34.5 Å². The average Bonchev–Trinajstić information content (AvgIpc) is 2.50. The van der Waals surface area contributed by atoms with Crippen LogP contribution in [0.3, 0.4) is 0 Å². The first-order valence-electron chi connectivity index (χ1n) is 7.47. The summed E-state index contributed by atoms with van der Waals surface area (Å²) in [5.41, 5.74) is 2.14. The minimum absolute atomic E-state index is 0.0428. The van der Waals surface area contributed by atoms with Gasteiger partial charge in [0.1, 0.15) is 5.82 Å². The first-order valence-corrected chi connectivity index (χ1v) is 8.22. The second-order valence-corrected chi connectivity index (χ2v) is 6.73. The molecule has 0 saturated heterocycles. The van der Waals surface area contributed by atoms with Crippen molar-refractivity contribution in [2.24, 2.45) is 0 Å². The van der Waals surface area contributed by atoms with Crippen LogP contribution in [0.5, 0.6) is 0 Å². The van der Waals surface area contributed by atoms with Crippen molar-refractivity contribution in [1.29, 1.82) is 0 Å². The Morgan fingerprint density at radius 3 is 2.38 bits per heavy atom. The number of carbonyl (C=O) groups is 1. The van der Waals surface area contributed by atoms with Crippen LogP contribution in [0.4, 0.5) is 4.39 Å². The van der Waals surface area contributed by atoms with Gasteiger partial charge in [0.2, 0.25) is 0 Å². The zero-order chi connectivity index (χ0) is 17.9. The van der Waals surface area contributed by atoms with E-state index in [1.807, 2.05) is 31.1 Å². The summed E-state index contributed by atoms with van der Waals surface area (Å²) in [6.45, 7) is 2.55. The number of nitrogens with one attached hydrogen (secondary N) is 1. The standard InChI is InChI=1S/C18H19Cl2FN2O/c1-11(14-8-17(21)16(20)9-15(14)19)22-18(24)13-6-4-12(5-7-13)10-23(2)3/h4-9,11H,10H2,1-3H3,(H,22,24)/t11-/m1/s1. The zero-order valence-corrected chi connectivity index (χ0v) is 15.2. The third-order valence-electron chi connectivity index (χ3n) is 3.57. The van der Waals surface area contributed by atoms with Crippen LogP contribution < -0.4 is 5.32 Å². The summed E-state index contributed by atoms with van der Waals surface area (Å²) in [6.07, 6.45) is 0. The molecule has 0 heterocycles. The Kier molecular flexibility index (Phi) is 6.21. The van der Waals surface area contributed by atoms with E-state index in [4.69, 9.17) is 23.2 Å². The number of carbonyl (C=O) groups excluding carboxylic acids is 1. The van der Waals surface area contributed by atoms with Crippen molar-refractivity contribution >= 4 is 29.1 Å². The molecule has 6 heteroatoms. The average molecular weight is 369 g/mol. The zero-order valence-electron chi connectivity index (χ0n) is 13.7. The van der Waals surface area contributed by atoms with E-state index in [0.717, 1.165) is 12.1 Å². The smallest absolute Gasteiger partial charge is 0.251 e. The SMILES string of the molecule is C[C@@H](NC(=O)c1ccc(CN(C)C)cc1)c1cc(F)c(Cl)cc1Cl. The van der Waals surface area contributed by atoms with Gasteiger partial charge in [-0.25, -0.2) is 4.39 Å². The Hall–Kier alpha value is -1.62. The molecule has 0 aromatic heterocycles. The Labute approximate surface area is 151 Å². The molecule has 3 nitrogen and oxygen atoms in total. The summed E-state index contributed by atoms with van der Waals surface area (Å²) in [5.74, 6) is -0.810. The first-order chi connectivity index (χ1) is 11.3. The Morgan fingerprint density at radius 1 is 1.17 bits per heavy atom. The number of nitrogens with zero attached hydrogens (tertiary/aromatic N) is 1. The van der Waals surface area contributed by atoms with Crippen LogP contribution in [0.2, 0.25) is 10.0 Å². The maximum Gasteiger partial charge on any atom is 0.251 e. The monoisotopic (exact) mass is 368 g/mol. The van der Waals surface area contributed by atoms with Crippen LogP contribution in [0.15, 0.2) is 36.4 Å². The molecule has 0 spiro atoms. The summed E-state index contributed by atoms with van der Waals surface area (Å²) >= 11 is 11.8. The molecule has 0 aliphatic carbocycles. The molecule has 2 aromatic rings. The van der Waals surface area contributed by atoms with Crippen molar-refractivity contribution < 1.29 is 9.18 Å². The highest BCUT2D eigenvalue weighted by molar-refractivity contribution is 6.35. The van der Waals surface area contributed by atoms with Crippen LogP contribution >= 0.6 is 23.2 Å². The van der Waals surface area contributed by atoms with E-state index in [1.165, 1.54) is 12.1 Å². The highest BCUT2D eigenvalue weighted by atomic mass is 35.5. The molecule has 0 bridgehead atoms. The molecular formula is C18H19Cl2FN2O. The van der Waals surface area contributed by atoms with Crippen LogP contribution in [-0.2, 0) is 6.54 Å². The summed E-state index contributed by atoms with van der Waals surface area (Å²) in [7, 11) is 3.97. The second kappa shape index (κ2) is 7.97. The van der Waals surface area contributed by atoms with Crippen molar-refractivity contribution in [2.45, 2.75) is 19.5 Å². The van der Waals surface area contributed by atoms with Gasteiger partial charge in [0.25, 0.3) is 5.91 Å². The molecule has 24 heavy (non-hydrogen) atoms. The molecule has 0 aliphatic heterocycles. The summed E-state index contributed by atoms with van der Waals surface area (Å²) in [5, 5.41) is 3.09. The molecule has 1 atom stereocenters. The normalized spacial score (nSPS) is 12.3. The van der Waals surface area contributed by atoms with E-state index in [2.05, 4.69) is 5.32 Å². The number of amides is 1. The molecule has 1 amide bonds. The van der Waals surface area contributed by atoms with Gasteiger partial charge in [-0.3, -0.25) is 4.79 Å². The molecule has 0 fully saturated rings. The van der Waals surface area contributed by atoms with Crippen LogP contribution in [0, 0.1) is 5.82 Å². The third kappa shape index (κ3) is 4.69. The topological polar surface area (TPSA) is 32.3 Å².